The molecule has 0 aromatic carbocycles. The number of ether oxygens (including phenoxy) is 6. The van der Waals surface area contributed by atoms with Crippen molar-refractivity contribution >= 4 is 29.8 Å². The highest BCUT2D eigenvalue weighted by Gasteiger charge is 2.55. The second kappa shape index (κ2) is 14.2. The van der Waals surface area contributed by atoms with Crippen LogP contribution in [-0.2, 0) is 52.4 Å². The summed E-state index contributed by atoms with van der Waals surface area (Å²) in [6.07, 6.45) is -46.3. The first-order chi connectivity index (χ1) is 19.0. The van der Waals surface area contributed by atoms with Crippen LogP contribution in [0.3, 0.4) is 0 Å². The summed E-state index contributed by atoms with van der Waals surface area (Å²) in [6.45, 7) is -4.46. The third kappa shape index (κ3) is 13.0. The number of methoxy groups -OCH3 is 1. The van der Waals surface area contributed by atoms with Gasteiger partial charge in [0.2, 0.25) is 0 Å². The smallest absolute Gasteiger partial charge is 0.455 e. The minimum Gasteiger partial charge on any atom is -0.455 e. The number of carbonyl (C=O) groups excluding carboxylic acids is 5. The van der Waals surface area contributed by atoms with Gasteiger partial charge in [-0.15, -0.1) is 0 Å². The Morgan fingerprint density at radius 3 is 0.953 bits per heavy atom. The minimum absolute atomic E-state index is 0.403. The minimum atomic E-state index is -6.35. The van der Waals surface area contributed by atoms with Gasteiger partial charge in [0.05, 0.1) is 6.61 Å². The number of halogens is 15. The molecule has 0 amide bonds. The summed E-state index contributed by atoms with van der Waals surface area (Å²) in [7, 11) is 0.403. The fraction of sp³-hybridized carbons (Fsp3) is 0.706. The summed E-state index contributed by atoms with van der Waals surface area (Å²) >= 11 is 0. The van der Waals surface area contributed by atoms with Gasteiger partial charge in [-0.05, 0) is 0 Å². The quantitative estimate of drug-likeness (QED) is 0.181. The fourth-order valence-electron chi connectivity index (χ4n) is 2.29. The molecule has 0 radical (unpaired) electrons. The molecule has 0 bridgehead atoms. The Morgan fingerprint density at radius 2 is 0.698 bits per heavy atom. The molecule has 4 atom stereocenters. The Balaban J connectivity index is 7.36. The molecule has 26 heteroatoms. The van der Waals surface area contributed by atoms with Gasteiger partial charge in [-0.1, -0.05) is 0 Å². The molecule has 43 heavy (non-hydrogen) atoms. The van der Waals surface area contributed by atoms with Crippen molar-refractivity contribution in [1.82, 2.24) is 0 Å². The monoisotopic (exact) mass is 676 g/mol. The number of hydrogen-bond donors (Lipinski definition) is 0. The van der Waals surface area contributed by atoms with Gasteiger partial charge in [0.1, 0.15) is 6.61 Å². The molecule has 0 aromatic rings. The maximum absolute atomic E-state index is 12.9. The Morgan fingerprint density at radius 1 is 0.442 bits per heavy atom. The zero-order chi connectivity index (χ0) is 34.4. The number of rotatable bonds is 11. The molecule has 0 N–H and O–H groups in total. The molecular weight excluding hydrogens is 665 g/mol. The lowest BCUT2D eigenvalue weighted by Crippen LogP contribution is -2.57. The van der Waals surface area contributed by atoms with Crippen molar-refractivity contribution in [2.45, 2.75) is 55.3 Å². The Bertz CT molecular complexity index is 1010. The molecule has 250 valence electrons. The van der Waals surface area contributed by atoms with Crippen molar-refractivity contribution in [2.75, 3.05) is 20.3 Å². The van der Waals surface area contributed by atoms with E-state index in [9.17, 15) is 89.8 Å². The average molecular weight is 676 g/mol. The zero-order valence-corrected chi connectivity index (χ0v) is 19.9. The predicted octanol–water partition coefficient (Wildman–Crippen LogP) is 2.63. The van der Waals surface area contributed by atoms with Crippen LogP contribution in [0, 0.1) is 0 Å². The third-order valence-electron chi connectivity index (χ3n) is 3.93. The highest BCUT2D eigenvalue weighted by molar-refractivity contribution is 5.79. The number of esters is 5. The highest BCUT2D eigenvalue weighted by atomic mass is 19.4. The Hall–Kier alpha value is -3.74. The second-order valence-corrected chi connectivity index (χ2v) is 7.17. The lowest BCUT2D eigenvalue weighted by atomic mass is 10.0. The number of alkyl halides is 15. The molecular formula is C17H11F15O11. The summed E-state index contributed by atoms with van der Waals surface area (Å²) in [5.74, 6) is -18.0. The van der Waals surface area contributed by atoms with Crippen molar-refractivity contribution in [3.63, 3.8) is 0 Å². The van der Waals surface area contributed by atoms with E-state index in [1.165, 1.54) is 0 Å². The molecule has 0 rings (SSSR count). The van der Waals surface area contributed by atoms with Gasteiger partial charge in [-0.25, -0.2) is 24.0 Å². The normalized spacial score (nSPS) is 15.8. The van der Waals surface area contributed by atoms with Crippen molar-refractivity contribution in [1.29, 1.82) is 0 Å². The van der Waals surface area contributed by atoms with Crippen molar-refractivity contribution in [2.24, 2.45) is 0 Å². The molecule has 0 saturated heterocycles. The van der Waals surface area contributed by atoms with Gasteiger partial charge >= 0.3 is 60.7 Å². The molecule has 0 spiro atoms. The van der Waals surface area contributed by atoms with Crippen LogP contribution in [0.2, 0.25) is 0 Å². The fourth-order valence-corrected chi connectivity index (χ4v) is 2.29. The zero-order valence-electron chi connectivity index (χ0n) is 19.9. The van der Waals surface area contributed by atoms with Crippen LogP contribution in [0.25, 0.3) is 0 Å². The maximum Gasteiger partial charge on any atom is 0.490 e. The van der Waals surface area contributed by atoms with Crippen LogP contribution < -0.4 is 0 Å². The molecule has 0 fully saturated rings. The van der Waals surface area contributed by atoms with Crippen LogP contribution in [0.5, 0.6) is 0 Å². The second-order valence-electron chi connectivity index (χ2n) is 7.17. The van der Waals surface area contributed by atoms with Crippen molar-refractivity contribution < 1.29 is 118 Å². The summed E-state index contributed by atoms with van der Waals surface area (Å²) in [5, 5.41) is 0. The van der Waals surface area contributed by atoms with Crippen LogP contribution in [0.4, 0.5) is 65.9 Å². The summed E-state index contributed by atoms with van der Waals surface area (Å²) in [6, 6.07) is 0. The van der Waals surface area contributed by atoms with E-state index in [0.717, 1.165) is 0 Å². The number of carbonyl (C=O) groups is 5. The summed E-state index contributed by atoms with van der Waals surface area (Å²) < 4.78 is 213. The lowest BCUT2D eigenvalue weighted by molar-refractivity contribution is -0.252. The van der Waals surface area contributed by atoms with E-state index < -0.39 is 98.4 Å². The average Bonchev–Trinajstić information content (AvgIpc) is 2.79. The molecule has 11 nitrogen and oxygen atoms in total. The van der Waals surface area contributed by atoms with Crippen LogP contribution in [-0.4, -0.2) is 105 Å². The first-order valence-electron chi connectivity index (χ1n) is 9.87. The van der Waals surface area contributed by atoms with E-state index in [1.54, 1.807) is 0 Å². The van der Waals surface area contributed by atoms with Gasteiger partial charge in [-0.3, -0.25) is 0 Å². The molecule has 0 saturated carbocycles. The van der Waals surface area contributed by atoms with E-state index in [0.29, 0.717) is 7.11 Å². The highest BCUT2D eigenvalue weighted by Crippen LogP contribution is 2.30. The SMILES string of the molecule is COC[C@H](OC(=O)C(F)(F)F)[C@@H](OC(=O)C(F)(F)F)[C@H](OC(=O)C(F)(F)F)[C@@H](COC(=O)C(F)(F)F)OC(=O)C(F)(F)F. The van der Waals surface area contributed by atoms with E-state index >= 15 is 0 Å². The first-order valence-corrected chi connectivity index (χ1v) is 9.87. The molecule has 0 aliphatic rings. The standard InChI is InChI=1S/C17H11F15O11/c1-38-2-4(40-9(34)14(21,22)23)6(42-11(36)16(27,28)29)7(43-12(37)17(30,31)32)5(41-10(35)15(24,25)26)3-39-8(33)13(18,19)20/h4-7H,2-3H2,1H3/t4-,5+,6+,7+/m0/s1. The van der Waals surface area contributed by atoms with Crippen molar-refractivity contribution in [3.8, 4) is 0 Å². The first kappa shape index (κ1) is 39.3. The largest absolute Gasteiger partial charge is 0.490 e. The van der Waals surface area contributed by atoms with Crippen molar-refractivity contribution in [3.05, 3.63) is 0 Å². The van der Waals surface area contributed by atoms with E-state index in [-0.39, 0.29) is 0 Å². The third-order valence-corrected chi connectivity index (χ3v) is 3.93. The van der Waals surface area contributed by atoms with Crippen LogP contribution in [0.1, 0.15) is 0 Å². The van der Waals surface area contributed by atoms with Gasteiger partial charge in [0, 0.05) is 7.11 Å². The van der Waals surface area contributed by atoms with Crippen LogP contribution in [0.15, 0.2) is 0 Å². The molecule has 0 aliphatic heterocycles. The molecule has 0 aromatic heterocycles. The molecule has 0 unspecified atom stereocenters. The maximum atomic E-state index is 12.9. The van der Waals surface area contributed by atoms with Gasteiger partial charge in [0.25, 0.3) is 0 Å². The van der Waals surface area contributed by atoms with Gasteiger partial charge < -0.3 is 28.4 Å². The number of hydrogen-bond acceptors (Lipinski definition) is 11. The Kier molecular flexibility index (Phi) is 12.9. The van der Waals surface area contributed by atoms with E-state index in [4.69, 9.17) is 0 Å². The van der Waals surface area contributed by atoms with E-state index in [1.807, 2.05) is 0 Å². The summed E-state index contributed by atoms with van der Waals surface area (Å²) in [5.41, 5.74) is 0. The Labute approximate surface area is 225 Å². The lowest BCUT2D eigenvalue weighted by Gasteiger charge is -2.36. The topological polar surface area (TPSA) is 141 Å². The van der Waals surface area contributed by atoms with Gasteiger partial charge in [-0.2, -0.15) is 65.9 Å². The predicted molar refractivity (Wildman–Crippen MR) is 92.6 cm³/mol. The van der Waals surface area contributed by atoms with Crippen LogP contribution >= 0.6 is 0 Å². The summed E-state index contributed by atoms with van der Waals surface area (Å²) in [4.78, 5) is 56.4. The molecule has 0 aliphatic carbocycles. The van der Waals surface area contributed by atoms with E-state index in [2.05, 4.69) is 28.4 Å². The molecule has 0 heterocycles. The van der Waals surface area contributed by atoms with Gasteiger partial charge in [0.15, 0.2) is 24.4 Å².